The summed E-state index contributed by atoms with van der Waals surface area (Å²) in [4.78, 5) is 12.5. The molecule has 4 heteroatoms. The Morgan fingerprint density at radius 2 is 2.20 bits per heavy atom. The van der Waals surface area contributed by atoms with Gasteiger partial charge in [0.2, 0.25) is 5.91 Å². The Morgan fingerprint density at radius 1 is 1.50 bits per heavy atom. The van der Waals surface area contributed by atoms with E-state index in [0.717, 1.165) is 29.7 Å². The fourth-order valence-electron chi connectivity index (χ4n) is 2.52. The molecule has 1 aromatic rings. The van der Waals surface area contributed by atoms with Crippen LogP contribution < -0.4 is 10.1 Å². The van der Waals surface area contributed by atoms with Crippen LogP contribution in [0.1, 0.15) is 37.3 Å². The first-order chi connectivity index (χ1) is 9.53. The molecule has 110 valence electrons. The second kappa shape index (κ2) is 5.83. The van der Waals surface area contributed by atoms with Crippen molar-refractivity contribution < 1.29 is 14.6 Å². The fourth-order valence-corrected chi connectivity index (χ4v) is 2.52. The maximum absolute atomic E-state index is 12.5. The second-order valence-corrected chi connectivity index (χ2v) is 5.65. The highest BCUT2D eigenvalue weighted by molar-refractivity contribution is 5.91. The zero-order valence-electron chi connectivity index (χ0n) is 12.4. The number of benzene rings is 1. The number of hydrogen-bond donors (Lipinski definition) is 2. The SMILES string of the molecule is COc1cc(C2(C(=O)NC(C)CCO)CC2)ccc1C. The maximum Gasteiger partial charge on any atom is 0.230 e. The summed E-state index contributed by atoms with van der Waals surface area (Å²) >= 11 is 0. The molecule has 1 saturated carbocycles. The Labute approximate surface area is 120 Å². The van der Waals surface area contributed by atoms with Crippen molar-refractivity contribution in [2.75, 3.05) is 13.7 Å². The number of aryl methyl sites for hydroxylation is 1. The predicted octanol–water partition coefficient (Wildman–Crippen LogP) is 1.92. The van der Waals surface area contributed by atoms with Crippen LogP contribution in [-0.4, -0.2) is 30.8 Å². The molecule has 1 amide bonds. The van der Waals surface area contributed by atoms with Gasteiger partial charge >= 0.3 is 0 Å². The summed E-state index contributed by atoms with van der Waals surface area (Å²) in [5.41, 5.74) is 1.69. The van der Waals surface area contributed by atoms with Gasteiger partial charge in [0.25, 0.3) is 0 Å². The van der Waals surface area contributed by atoms with E-state index in [-0.39, 0.29) is 18.6 Å². The van der Waals surface area contributed by atoms with Crippen molar-refractivity contribution in [3.05, 3.63) is 29.3 Å². The molecule has 0 radical (unpaired) electrons. The summed E-state index contributed by atoms with van der Waals surface area (Å²) in [6, 6.07) is 5.98. The average Bonchev–Trinajstić information content (AvgIpc) is 3.21. The van der Waals surface area contributed by atoms with E-state index in [9.17, 15) is 4.79 Å². The van der Waals surface area contributed by atoms with Crippen molar-refractivity contribution in [1.82, 2.24) is 5.32 Å². The first-order valence-electron chi connectivity index (χ1n) is 7.10. The normalized spacial score (nSPS) is 17.4. The van der Waals surface area contributed by atoms with Crippen LogP contribution in [0.15, 0.2) is 18.2 Å². The number of rotatable bonds is 6. The number of carbonyl (C=O) groups is 1. The molecule has 0 spiro atoms. The molecule has 0 saturated heterocycles. The number of carbonyl (C=O) groups excluding carboxylic acids is 1. The third kappa shape index (κ3) is 2.80. The van der Waals surface area contributed by atoms with E-state index < -0.39 is 5.41 Å². The molecule has 0 heterocycles. The average molecular weight is 277 g/mol. The van der Waals surface area contributed by atoms with Gasteiger partial charge in [0.1, 0.15) is 5.75 Å². The van der Waals surface area contributed by atoms with Crippen LogP contribution in [0.25, 0.3) is 0 Å². The number of methoxy groups -OCH3 is 1. The monoisotopic (exact) mass is 277 g/mol. The molecule has 2 N–H and O–H groups in total. The number of aliphatic hydroxyl groups excluding tert-OH is 1. The lowest BCUT2D eigenvalue weighted by atomic mass is 9.93. The highest BCUT2D eigenvalue weighted by Gasteiger charge is 2.51. The van der Waals surface area contributed by atoms with Crippen molar-refractivity contribution in [2.24, 2.45) is 0 Å². The third-order valence-corrected chi connectivity index (χ3v) is 4.08. The number of amides is 1. The molecular weight excluding hydrogens is 254 g/mol. The summed E-state index contributed by atoms with van der Waals surface area (Å²) in [5.74, 6) is 0.884. The minimum absolute atomic E-state index is 0.00248. The number of hydrogen-bond acceptors (Lipinski definition) is 3. The summed E-state index contributed by atoms with van der Waals surface area (Å²) in [7, 11) is 1.65. The molecule has 1 fully saturated rings. The Bertz CT molecular complexity index is 494. The number of ether oxygens (including phenoxy) is 1. The largest absolute Gasteiger partial charge is 0.496 e. The summed E-state index contributed by atoms with van der Waals surface area (Å²) in [5, 5.41) is 11.9. The predicted molar refractivity (Wildman–Crippen MR) is 78.0 cm³/mol. The fraction of sp³-hybridized carbons (Fsp3) is 0.562. The number of nitrogens with one attached hydrogen (secondary N) is 1. The van der Waals surface area contributed by atoms with Gasteiger partial charge in [-0.15, -0.1) is 0 Å². The Morgan fingerprint density at radius 3 is 2.75 bits per heavy atom. The van der Waals surface area contributed by atoms with Gasteiger partial charge in [-0.1, -0.05) is 12.1 Å². The third-order valence-electron chi connectivity index (χ3n) is 4.08. The van der Waals surface area contributed by atoms with Crippen molar-refractivity contribution in [3.8, 4) is 5.75 Å². The van der Waals surface area contributed by atoms with Crippen molar-refractivity contribution in [1.29, 1.82) is 0 Å². The van der Waals surface area contributed by atoms with Gasteiger partial charge in [0.05, 0.1) is 12.5 Å². The molecular formula is C16H23NO3. The van der Waals surface area contributed by atoms with E-state index in [1.54, 1.807) is 7.11 Å². The Kier molecular flexibility index (Phi) is 4.33. The number of aliphatic hydroxyl groups is 1. The first-order valence-corrected chi connectivity index (χ1v) is 7.10. The summed E-state index contributed by atoms with van der Waals surface area (Å²) < 4.78 is 5.34. The van der Waals surface area contributed by atoms with Crippen molar-refractivity contribution >= 4 is 5.91 Å². The molecule has 1 unspecified atom stereocenters. The van der Waals surface area contributed by atoms with E-state index in [1.807, 2.05) is 32.0 Å². The van der Waals surface area contributed by atoms with Crippen LogP contribution in [0.5, 0.6) is 5.75 Å². The Balaban J connectivity index is 2.16. The molecule has 0 aliphatic heterocycles. The minimum Gasteiger partial charge on any atom is -0.496 e. The van der Waals surface area contributed by atoms with Crippen LogP contribution in [0.3, 0.4) is 0 Å². The summed E-state index contributed by atoms with van der Waals surface area (Å²) in [6.45, 7) is 4.00. The van der Waals surface area contributed by atoms with Crippen LogP contribution in [0, 0.1) is 6.92 Å². The maximum atomic E-state index is 12.5. The van der Waals surface area contributed by atoms with Gasteiger partial charge in [-0.3, -0.25) is 4.79 Å². The molecule has 1 aromatic carbocycles. The quantitative estimate of drug-likeness (QED) is 0.835. The Hall–Kier alpha value is -1.55. The lowest BCUT2D eigenvalue weighted by molar-refractivity contribution is -0.124. The van der Waals surface area contributed by atoms with E-state index in [2.05, 4.69) is 5.32 Å². The van der Waals surface area contributed by atoms with Gasteiger partial charge in [-0.25, -0.2) is 0 Å². The van der Waals surface area contributed by atoms with Crippen molar-refractivity contribution in [2.45, 2.75) is 44.6 Å². The van der Waals surface area contributed by atoms with E-state index >= 15 is 0 Å². The lowest BCUT2D eigenvalue weighted by Crippen LogP contribution is -2.40. The molecule has 1 aliphatic rings. The van der Waals surface area contributed by atoms with E-state index in [0.29, 0.717) is 6.42 Å². The topological polar surface area (TPSA) is 58.6 Å². The van der Waals surface area contributed by atoms with Crippen LogP contribution >= 0.6 is 0 Å². The molecule has 2 rings (SSSR count). The van der Waals surface area contributed by atoms with Crippen molar-refractivity contribution in [3.63, 3.8) is 0 Å². The lowest BCUT2D eigenvalue weighted by Gasteiger charge is -2.20. The van der Waals surface area contributed by atoms with E-state index in [1.165, 1.54) is 0 Å². The van der Waals surface area contributed by atoms with Crippen LogP contribution in [-0.2, 0) is 10.2 Å². The molecule has 1 aliphatic carbocycles. The molecule has 0 bridgehead atoms. The van der Waals surface area contributed by atoms with Gasteiger partial charge < -0.3 is 15.2 Å². The molecule has 0 aromatic heterocycles. The molecule has 4 nitrogen and oxygen atoms in total. The van der Waals surface area contributed by atoms with Gasteiger partial charge in [-0.2, -0.15) is 0 Å². The summed E-state index contributed by atoms with van der Waals surface area (Å²) in [6.07, 6.45) is 2.33. The molecule has 20 heavy (non-hydrogen) atoms. The minimum atomic E-state index is -0.398. The highest BCUT2D eigenvalue weighted by atomic mass is 16.5. The smallest absolute Gasteiger partial charge is 0.230 e. The van der Waals surface area contributed by atoms with E-state index in [4.69, 9.17) is 9.84 Å². The highest BCUT2D eigenvalue weighted by Crippen LogP contribution is 2.49. The second-order valence-electron chi connectivity index (χ2n) is 5.65. The van der Waals surface area contributed by atoms with Crippen LogP contribution in [0.4, 0.5) is 0 Å². The van der Waals surface area contributed by atoms with Gasteiger partial charge in [0.15, 0.2) is 0 Å². The first kappa shape index (κ1) is 14.9. The zero-order chi connectivity index (χ0) is 14.8. The van der Waals surface area contributed by atoms with Gasteiger partial charge in [0, 0.05) is 12.6 Å². The standard InChI is InChI=1S/C16H23NO3/c1-11-4-5-13(10-14(11)20-3)16(7-8-16)15(19)17-12(2)6-9-18/h4-5,10,12,18H,6-9H2,1-3H3,(H,17,19). The zero-order valence-corrected chi connectivity index (χ0v) is 12.4. The molecule has 1 atom stereocenters. The van der Waals surface area contributed by atoms with Crippen LogP contribution in [0.2, 0.25) is 0 Å². The van der Waals surface area contributed by atoms with Gasteiger partial charge in [-0.05, 0) is 50.3 Å².